The van der Waals surface area contributed by atoms with Crippen LogP contribution < -0.4 is 37.2 Å². The molecule has 0 rings (SSSR count). The van der Waals surface area contributed by atoms with Gasteiger partial charge in [-0.3, -0.25) is 0 Å². The topological polar surface area (TPSA) is 9.23 Å². The van der Waals surface area contributed by atoms with Crippen molar-refractivity contribution in [2.45, 2.75) is 40.5 Å². The van der Waals surface area contributed by atoms with E-state index in [0.717, 1.165) is 25.0 Å². The molecule has 5 heteroatoms. The number of ether oxygens (including phenoxy) is 1. The number of hydrogen-bond acceptors (Lipinski definition) is 1. The molecule has 0 bridgehead atoms. The summed E-state index contributed by atoms with van der Waals surface area (Å²) in [5.74, 6) is 1.54. The van der Waals surface area contributed by atoms with Crippen LogP contribution >= 0.6 is 0 Å². The molecule has 0 saturated carbocycles. The van der Waals surface area contributed by atoms with Crippen molar-refractivity contribution >= 4 is 0 Å². The zero-order chi connectivity index (χ0) is 8.69. The van der Waals surface area contributed by atoms with Crippen LogP contribution in [0.25, 0.3) is 0 Å². The van der Waals surface area contributed by atoms with E-state index in [1.165, 1.54) is 12.8 Å². The van der Waals surface area contributed by atoms with E-state index in [2.05, 4.69) is 27.7 Å². The average molecular weight is 313 g/mol. The molecule has 0 spiro atoms. The SMILES string of the molecule is CC(C)CCOCCC(C)C.[Cl-].[Cl-].[Cl-].[Ti+3]. The molecule has 0 aromatic carbocycles. The first kappa shape index (κ1) is 30.0. The van der Waals surface area contributed by atoms with Gasteiger partial charge in [-0.05, 0) is 24.7 Å². The van der Waals surface area contributed by atoms with Crippen LogP contribution in [0.1, 0.15) is 40.5 Å². The molecule has 15 heavy (non-hydrogen) atoms. The summed E-state index contributed by atoms with van der Waals surface area (Å²) in [7, 11) is 0. The Morgan fingerprint density at radius 2 is 1.00 bits per heavy atom. The molecule has 1 radical (unpaired) electrons. The van der Waals surface area contributed by atoms with Crippen molar-refractivity contribution in [1.29, 1.82) is 0 Å². The molecule has 0 aromatic heterocycles. The fourth-order valence-electron chi connectivity index (χ4n) is 0.740. The van der Waals surface area contributed by atoms with Gasteiger partial charge in [-0.25, -0.2) is 0 Å². The summed E-state index contributed by atoms with van der Waals surface area (Å²) in [6, 6.07) is 0. The van der Waals surface area contributed by atoms with E-state index < -0.39 is 0 Å². The van der Waals surface area contributed by atoms with Gasteiger partial charge in [-0.1, -0.05) is 27.7 Å². The first-order valence-corrected chi connectivity index (χ1v) is 4.70. The first-order valence-electron chi connectivity index (χ1n) is 4.70. The standard InChI is InChI=1S/C10H22O.3ClH.Ti/c1-9(2)5-7-11-8-6-10(3)4;;;;/h9-10H,5-8H2,1-4H3;3*1H;/q;;;;+3/p-3. The molecule has 0 unspecified atom stereocenters. The molecule has 0 aliphatic carbocycles. The second kappa shape index (κ2) is 20.9. The molecule has 0 aliphatic rings. The Bertz CT molecular complexity index is 82.7. The van der Waals surface area contributed by atoms with Gasteiger partial charge in [0.2, 0.25) is 0 Å². The Hall–Kier alpha value is 1.54. The maximum Gasteiger partial charge on any atom is 3.00 e. The number of rotatable bonds is 6. The summed E-state index contributed by atoms with van der Waals surface area (Å²) in [4.78, 5) is 0. The Kier molecular flexibility index (Phi) is 41.8. The van der Waals surface area contributed by atoms with E-state index in [1.54, 1.807) is 0 Å². The zero-order valence-electron chi connectivity index (χ0n) is 10.0. The predicted molar refractivity (Wildman–Crippen MR) is 49.7 cm³/mol. The van der Waals surface area contributed by atoms with Crippen molar-refractivity contribution in [3.63, 3.8) is 0 Å². The van der Waals surface area contributed by atoms with Gasteiger partial charge >= 0.3 is 21.7 Å². The smallest absolute Gasteiger partial charge is 1.00 e. The van der Waals surface area contributed by atoms with E-state index in [9.17, 15) is 0 Å². The van der Waals surface area contributed by atoms with Crippen molar-refractivity contribution in [3.05, 3.63) is 0 Å². The summed E-state index contributed by atoms with van der Waals surface area (Å²) >= 11 is 0. The van der Waals surface area contributed by atoms with Crippen LogP contribution in [0.3, 0.4) is 0 Å². The zero-order valence-corrected chi connectivity index (χ0v) is 13.9. The first-order chi connectivity index (χ1) is 5.13. The minimum Gasteiger partial charge on any atom is -1.00 e. The molecular weight excluding hydrogens is 290 g/mol. The van der Waals surface area contributed by atoms with Gasteiger partial charge in [-0.2, -0.15) is 0 Å². The monoisotopic (exact) mass is 311 g/mol. The van der Waals surface area contributed by atoms with Crippen LogP contribution in [-0.4, -0.2) is 13.2 Å². The second-order valence-corrected chi connectivity index (χ2v) is 3.98. The van der Waals surface area contributed by atoms with Gasteiger partial charge in [0, 0.05) is 13.2 Å². The summed E-state index contributed by atoms with van der Waals surface area (Å²) in [5, 5.41) is 0. The van der Waals surface area contributed by atoms with Crippen LogP contribution in [0.4, 0.5) is 0 Å². The third kappa shape index (κ3) is 31.3. The van der Waals surface area contributed by atoms with Crippen LogP contribution in [0.15, 0.2) is 0 Å². The van der Waals surface area contributed by atoms with Crippen molar-refractivity contribution in [1.82, 2.24) is 0 Å². The quantitative estimate of drug-likeness (QED) is 0.351. The molecule has 0 amide bonds. The molecule has 93 valence electrons. The molecular formula is C10H22Cl3OTi. The molecule has 0 aromatic rings. The Morgan fingerprint density at radius 1 is 0.733 bits per heavy atom. The number of hydrogen-bond donors (Lipinski definition) is 0. The van der Waals surface area contributed by atoms with E-state index in [1.807, 2.05) is 0 Å². The van der Waals surface area contributed by atoms with Gasteiger partial charge in [0.25, 0.3) is 0 Å². The summed E-state index contributed by atoms with van der Waals surface area (Å²) in [5.41, 5.74) is 0. The summed E-state index contributed by atoms with van der Waals surface area (Å²) in [6.07, 6.45) is 2.39. The van der Waals surface area contributed by atoms with E-state index in [4.69, 9.17) is 4.74 Å². The third-order valence-electron chi connectivity index (χ3n) is 1.68. The minimum absolute atomic E-state index is 0. The van der Waals surface area contributed by atoms with Gasteiger partial charge < -0.3 is 42.0 Å². The van der Waals surface area contributed by atoms with Gasteiger partial charge in [0.15, 0.2) is 0 Å². The third-order valence-corrected chi connectivity index (χ3v) is 1.68. The molecule has 0 fully saturated rings. The van der Waals surface area contributed by atoms with Crippen LogP contribution in [-0.2, 0) is 26.5 Å². The molecule has 0 aliphatic heterocycles. The fraction of sp³-hybridized carbons (Fsp3) is 1.00. The van der Waals surface area contributed by atoms with Gasteiger partial charge in [0.1, 0.15) is 0 Å². The Balaban J connectivity index is -0.0000000833. The van der Waals surface area contributed by atoms with Crippen LogP contribution in [0.2, 0.25) is 0 Å². The average Bonchev–Trinajstić information content (AvgIpc) is 1.85. The van der Waals surface area contributed by atoms with Crippen molar-refractivity contribution < 1.29 is 63.7 Å². The van der Waals surface area contributed by atoms with E-state index in [0.29, 0.717) is 0 Å². The van der Waals surface area contributed by atoms with Gasteiger partial charge in [-0.15, -0.1) is 0 Å². The van der Waals surface area contributed by atoms with Gasteiger partial charge in [0.05, 0.1) is 0 Å². The van der Waals surface area contributed by atoms with Crippen molar-refractivity contribution in [2.75, 3.05) is 13.2 Å². The Labute approximate surface area is 129 Å². The molecule has 0 N–H and O–H groups in total. The van der Waals surface area contributed by atoms with Crippen LogP contribution in [0, 0.1) is 11.8 Å². The number of halogens is 3. The van der Waals surface area contributed by atoms with E-state index >= 15 is 0 Å². The van der Waals surface area contributed by atoms with Crippen molar-refractivity contribution in [3.8, 4) is 0 Å². The summed E-state index contributed by atoms with van der Waals surface area (Å²) < 4.78 is 5.46. The van der Waals surface area contributed by atoms with E-state index in [-0.39, 0.29) is 58.9 Å². The maximum atomic E-state index is 5.46. The second-order valence-electron chi connectivity index (χ2n) is 3.98. The van der Waals surface area contributed by atoms with Crippen molar-refractivity contribution in [2.24, 2.45) is 11.8 Å². The van der Waals surface area contributed by atoms with Crippen LogP contribution in [0.5, 0.6) is 0 Å². The Morgan fingerprint density at radius 3 is 1.20 bits per heavy atom. The molecule has 0 atom stereocenters. The minimum atomic E-state index is 0. The predicted octanol–water partition coefficient (Wildman–Crippen LogP) is -5.90. The molecule has 0 heterocycles. The fourth-order valence-corrected chi connectivity index (χ4v) is 0.740. The maximum absolute atomic E-state index is 5.46. The molecule has 1 nitrogen and oxygen atoms in total. The largest absolute Gasteiger partial charge is 3.00 e. The molecule has 0 saturated heterocycles. The summed E-state index contributed by atoms with van der Waals surface area (Å²) in [6.45, 7) is 10.8. The normalized spacial score (nSPS) is 8.40.